The highest BCUT2D eigenvalue weighted by Crippen LogP contribution is 2.41. The normalized spacial score (nSPS) is 19.8. The van der Waals surface area contributed by atoms with Crippen LogP contribution in [-0.2, 0) is 14.3 Å². The lowest BCUT2D eigenvalue weighted by atomic mass is 9.82. The standard InChI is InChI=1S/C15H27NO3/c1-6-15(9-7-8-10-15)13(18)16-11(2)12(17)19-14(3,4)5/h11H,6-10H2,1-5H3,(H,16,18)/t11-/m1/s1. The lowest BCUT2D eigenvalue weighted by Crippen LogP contribution is -2.47. The van der Waals surface area contributed by atoms with E-state index in [4.69, 9.17) is 4.74 Å². The molecule has 19 heavy (non-hydrogen) atoms. The quantitative estimate of drug-likeness (QED) is 0.798. The fraction of sp³-hybridized carbons (Fsp3) is 0.867. The molecule has 1 fully saturated rings. The van der Waals surface area contributed by atoms with E-state index in [1.807, 2.05) is 27.7 Å². The third kappa shape index (κ3) is 4.22. The van der Waals surface area contributed by atoms with Crippen LogP contribution < -0.4 is 5.32 Å². The minimum atomic E-state index is -0.587. The molecule has 0 aromatic carbocycles. The van der Waals surface area contributed by atoms with Crippen LogP contribution in [0.25, 0.3) is 0 Å². The minimum Gasteiger partial charge on any atom is -0.458 e. The lowest BCUT2D eigenvalue weighted by molar-refractivity contribution is -0.158. The van der Waals surface area contributed by atoms with E-state index in [1.54, 1.807) is 6.92 Å². The Labute approximate surface area is 116 Å². The van der Waals surface area contributed by atoms with Crippen LogP contribution in [-0.4, -0.2) is 23.5 Å². The molecular formula is C15H27NO3. The predicted molar refractivity (Wildman–Crippen MR) is 74.6 cm³/mol. The van der Waals surface area contributed by atoms with Gasteiger partial charge in [0.05, 0.1) is 0 Å². The highest BCUT2D eigenvalue weighted by molar-refractivity contribution is 5.88. The summed E-state index contributed by atoms with van der Waals surface area (Å²) in [6, 6.07) is -0.587. The highest BCUT2D eigenvalue weighted by Gasteiger charge is 2.40. The number of hydrogen-bond acceptors (Lipinski definition) is 3. The van der Waals surface area contributed by atoms with Crippen molar-refractivity contribution in [3.63, 3.8) is 0 Å². The molecule has 0 bridgehead atoms. The van der Waals surface area contributed by atoms with Crippen molar-refractivity contribution in [2.24, 2.45) is 5.41 Å². The molecule has 0 aromatic rings. The molecule has 1 aliphatic carbocycles. The molecule has 1 saturated carbocycles. The summed E-state index contributed by atoms with van der Waals surface area (Å²) in [7, 11) is 0. The Morgan fingerprint density at radius 2 is 1.79 bits per heavy atom. The summed E-state index contributed by atoms with van der Waals surface area (Å²) in [4.78, 5) is 24.2. The van der Waals surface area contributed by atoms with Crippen LogP contribution in [0.5, 0.6) is 0 Å². The molecule has 0 heterocycles. The maximum absolute atomic E-state index is 12.4. The number of hydrogen-bond donors (Lipinski definition) is 1. The topological polar surface area (TPSA) is 55.4 Å². The van der Waals surface area contributed by atoms with Crippen molar-refractivity contribution in [2.75, 3.05) is 0 Å². The van der Waals surface area contributed by atoms with Crippen molar-refractivity contribution in [1.82, 2.24) is 5.32 Å². The maximum Gasteiger partial charge on any atom is 0.328 e. The molecular weight excluding hydrogens is 242 g/mol. The summed E-state index contributed by atoms with van der Waals surface area (Å²) in [6.07, 6.45) is 4.89. The first kappa shape index (κ1) is 16.0. The third-order valence-electron chi connectivity index (χ3n) is 3.83. The molecule has 0 aliphatic heterocycles. The first-order valence-corrected chi connectivity index (χ1v) is 7.24. The van der Waals surface area contributed by atoms with Gasteiger partial charge in [0.2, 0.25) is 5.91 Å². The zero-order valence-corrected chi connectivity index (χ0v) is 12.8. The van der Waals surface area contributed by atoms with Crippen LogP contribution >= 0.6 is 0 Å². The number of nitrogens with one attached hydrogen (secondary N) is 1. The van der Waals surface area contributed by atoms with E-state index < -0.39 is 11.6 Å². The Balaban J connectivity index is 2.58. The van der Waals surface area contributed by atoms with Crippen LogP contribution in [0.1, 0.15) is 66.7 Å². The van der Waals surface area contributed by atoms with Crippen LogP contribution in [0.2, 0.25) is 0 Å². The van der Waals surface area contributed by atoms with Crippen LogP contribution in [0, 0.1) is 5.41 Å². The van der Waals surface area contributed by atoms with E-state index in [0.29, 0.717) is 0 Å². The van der Waals surface area contributed by atoms with E-state index in [2.05, 4.69) is 5.32 Å². The summed E-state index contributed by atoms with van der Waals surface area (Å²) >= 11 is 0. The van der Waals surface area contributed by atoms with E-state index in [9.17, 15) is 9.59 Å². The highest BCUT2D eigenvalue weighted by atomic mass is 16.6. The van der Waals surface area contributed by atoms with Gasteiger partial charge < -0.3 is 10.1 Å². The van der Waals surface area contributed by atoms with Crippen molar-refractivity contribution in [2.45, 2.75) is 78.4 Å². The van der Waals surface area contributed by atoms with Gasteiger partial charge in [0.1, 0.15) is 11.6 Å². The first-order chi connectivity index (χ1) is 8.70. The second-order valence-electron chi connectivity index (χ2n) is 6.57. The molecule has 4 heteroatoms. The molecule has 1 atom stereocenters. The first-order valence-electron chi connectivity index (χ1n) is 7.24. The van der Waals surface area contributed by atoms with Gasteiger partial charge in [-0.05, 0) is 47.0 Å². The average Bonchev–Trinajstić information content (AvgIpc) is 2.76. The monoisotopic (exact) mass is 269 g/mol. The summed E-state index contributed by atoms with van der Waals surface area (Å²) < 4.78 is 5.28. The fourth-order valence-corrected chi connectivity index (χ4v) is 2.59. The number of ether oxygens (including phenoxy) is 1. The third-order valence-corrected chi connectivity index (χ3v) is 3.83. The Morgan fingerprint density at radius 1 is 1.26 bits per heavy atom. The Kier molecular flexibility index (Phi) is 4.99. The molecule has 4 nitrogen and oxygen atoms in total. The molecule has 0 unspecified atom stereocenters. The maximum atomic E-state index is 12.4. The Bertz CT molecular complexity index is 338. The van der Waals surface area contributed by atoms with E-state index >= 15 is 0 Å². The smallest absolute Gasteiger partial charge is 0.328 e. The number of carbonyl (C=O) groups is 2. The van der Waals surface area contributed by atoms with Gasteiger partial charge in [-0.2, -0.15) is 0 Å². The number of carbonyl (C=O) groups excluding carboxylic acids is 2. The van der Waals surface area contributed by atoms with Gasteiger partial charge in [0.25, 0.3) is 0 Å². The van der Waals surface area contributed by atoms with E-state index in [-0.39, 0.29) is 17.3 Å². The average molecular weight is 269 g/mol. The van der Waals surface area contributed by atoms with Gasteiger partial charge >= 0.3 is 5.97 Å². The molecule has 1 aliphatic rings. The molecule has 1 rings (SSSR count). The molecule has 0 aromatic heterocycles. The lowest BCUT2D eigenvalue weighted by Gasteiger charge is -2.28. The zero-order valence-electron chi connectivity index (χ0n) is 12.8. The molecule has 110 valence electrons. The van der Waals surface area contributed by atoms with Gasteiger partial charge in [-0.25, -0.2) is 4.79 Å². The molecule has 0 saturated heterocycles. The fourth-order valence-electron chi connectivity index (χ4n) is 2.59. The summed E-state index contributed by atoms with van der Waals surface area (Å²) in [5.41, 5.74) is -0.790. The van der Waals surface area contributed by atoms with Crippen LogP contribution in [0.4, 0.5) is 0 Å². The second-order valence-corrected chi connectivity index (χ2v) is 6.57. The number of rotatable bonds is 4. The Hall–Kier alpha value is -1.06. The van der Waals surface area contributed by atoms with E-state index in [0.717, 1.165) is 32.1 Å². The van der Waals surface area contributed by atoms with Gasteiger partial charge in [-0.15, -0.1) is 0 Å². The summed E-state index contributed by atoms with van der Waals surface area (Å²) in [5.74, 6) is -0.365. The van der Waals surface area contributed by atoms with Crippen molar-refractivity contribution < 1.29 is 14.3 Å². The summed E-state index contributed by atoms with van der Waals surface area (Å²) in [6.45, 7) is 9.20. The largest absolute Gasteiger partial charge is 0.458 e. The van der Waals surface area contributed by atoms with Crippen LogP contribution in [0.3, 0.4) is 0 Å². The van der Waals surface area contributed by atoms with Gasteiger partial charge in [0.15, 0.2) is 0 Å². The van der Waals surface area contributed by atoms with E-state index in [1.165, 1.54) is 0 Å². The van der Waals surface area contributed by atoms with Crippen molar-refractivity contribution >= 4 is 11.9 Å². The molecule has 1 amide bonds. The van der Waals surface area contributed by atoms with Crippen molar-refractivity contribution in [3.8, 4) is 0 Å². The molecule has 1 N–H and O–H groups in total. The molecule has 0 radical (unpaired) electrons. The molecule has 0 spiro atoms. The summed E-state index contributed by atoms with van der Waals surface area (Å²) in [5, 5.41) is 2.82. The van der Waals surface area contributed by atoms with Gasteiger partial charge in [-0.1, -0.05) is 19.8 Å². The van der Waals surface area contributed by atoms with Gasteiger partial charge in [0, 0.05) is 5.41 Å². The van der Waals surface area contributed by atoms with Crippen LogP contribution in [0.15, 0.2) is 0 Å². The van der Waals surface area contributed by atoms with Crippen molar-refractivity contribution in [1.29, 1.82) is 0 Å². The van der Waals surface area contributed by atoms with Gasteiger partial charge in [-0.3, -0.25) is 4.79 Å². The zero-order chi connectivity index (χ0) is 14.7. The number of amides is 1. The van der Waals surface area contributed by atoms with Crippen molar-refractivity contribution in [3.05, 3.63) is 0 Å². The number of esters is 1. The predicted octanol–water partition coefficient (Wildman–Crippen LogP) is 2.80. The Morgan fingerprint density at radius 3 is 2.21 bits per heavy atom. The second kappa shape index (κ2) is 5.93. The minimum absolute atomic E-state index is 0.00543. The SMILES string of the molecule is CCC1(C(=O)N[C@H](C)C(=O)OC(C)(C)C)CCCC1.